The topological polar surface area (TPSA) is 39.2 Å². The Morgan fingerprint density at radius 2 is 2.00 bits per heavy atom. The molecule has 0 spiro atoms. The van der Waals surface area contributed by atoms with Crippen LogP contribution in [0.25, 0.3) is 0 Å². The lowest BCUT2D eigenvalue weighted by Crippen LogP contribution is -2.13. The van der Waals surface area contributed by atoms with Crippen LogP contribution in [-0.2, 0) is 0 Å². The maximum absolute atomic E-state index is 13.7. The minimum absolute atomic E-state index is 0.356. The zero-order valence-electron chi connectivity index (χ0n) is 8.08. The molecule has 0 aliphatic heterocycles. The molecule has 2 aromatic rings. The van der Waals surface area contributed by atoms with E-state index in [2.05, 4.69) is 31.9 Å². The van der Waals surface area contributed by atoms with E-state index in [4.69, 9.17) is 10.2 Å². The summed E-state index contributed by atoms with van der Waals surface area (Å²) in [4.78, 5) is 0. The van der Waals surface area contributed by atoms with E-state index in [1.807, 2.05) is 0 Å². The number of rotatable bonds is 2. The first kappa shape index (κ1) is 11.8. The van der Waals surface area contributed by atoms with Crippen LogP contribution in [0.1, 0.15) is 17.4 Å². The average Bonchev–Trinajstić information content (AvgIpc) is 2.63. The minimum atomic E-state index is -0.613. The van der Waals surface area contributed by atoms with Crippen molar-refractivity contribution in [2.45, 2.75) is 6.04 Å². The van der Waals surface area contributed by atoms with Gasteiger partial charge in [0.25, 0.3) is 0 Å². The molecule has 0 radical (unpaired) electrons. The van der Waals surface area contributed by atoms with E-state index < -0.39 is 6.04 Å². The van der Waals surface area contributed by atoms with Crippen molar-refractivity contribution < 1.29 is 8.81 Å². The summed E-state index contributed by atoms with van der Waals surface area (Å²) in [5.41, 5.74) is 6.34. The van der Waals surface area contributed by atoms with Gasteiger partial charge >= 0.3 is 0 Å². The number of benzene rings is 1. The lowest BCUT2D eigenvalue weighted by Gasteiger charge is -2.11. The molecule has 1 heterocycles. The SMILES string of the molecule is NC(c1ccc(Br)cc1F)c1occc1Br. The zero-order valence-corrected chi connectivity index (χ0v) is 11.3. The summed E-state index contributed by atoms with van der Waals surface area (Å²) >= 11 is 6.49. The summed E-state index contributed by atoms with van der Waals surface area (Å²) < 4.78 is 20.3. The average molecular weight is 349 g/mol. The molecule has 1 unspecified atom stereocenters. The molecular formula is C11H8Br2FNO. The van der Waals surface area contributed by atoms with Crippen molar-refractivity contribution in [1.82, 2.24) is 0 Å². The second-order valence-corrected chi connectivity index (χ2v) is 5.05. The Bertz CT molecular complexity index is 512. The maximum atomic E-state index is 13.7. The Kier molecular flexibility index (Phi) is 3.47. The van der Waals surface area contributed by atoms with Crippen molar-refractivity contribution in [3.05, 3.63) is 56.6 Å². The second-order valence-electron chi connectivity index (χ2n) is 3.28. The van der Waals surface area contributed by atoms with Gasteiger partial charge in [0.1, 0.15) is 11.6 Å². The van der Waals surface area contributed by atoms with Gasteiger partial charge in [0.05, 0.1) is 16.8 Å². The predicted octanol–water partition coefficient (Wildman–Crippen LogP) is 3.99. The summed E-state index contributed by atoms with van der Waals surface area (Å²) in [5.74, 6) is 0.159. The third-order valence-electron chi connectivity index (χ3n) is 2.22. The number of hydrogen-bond acceptors (Lipinski definition) is 2. The van der Waals surface area contributed by atoms with Crippen molar-refractivity contribution in [1.29, 1.82) is 0 Å². The lowest BCUT2D eigenvalue weighted by molar-refractivity contribution is 0.478. The number of hydrogen-bond donors (Lipinski definition) is 1. The Morgan fingerprint density at radius 1 is 1.25 bits per heavy atom. The van der Waals surface area contributed by atoms with Crippen LogP contribution in [0.15, 0.2) is 43.9 Å². The summed E-state index contributed by atoms with van der Waals surface area (Å²) in [6, 6.07) is 5.88. The summed E-state index contributed by atoms with van der Waals surface area (Å²) in [5, 5.41) is 0. The van der Waals surface area contributed by atoms with Crippen LogP contribution in [0.3, 0.4) is 0 Å². The Morgan fingerprint density at radius 3 is 2.56 bits per heavy atom. The number of halogens is 3. The minimum Gasteiger partial charge on any atom is -0.466 e. The van der Waals surface area contributed by atoms with Crippen LogP contribution in [0.5, 0.6) is 0 Å². The molecule has 2 nitrogen and oxygen atoms in total. The highest BCUT2D eigenvalue weighted by atomic mass is 79.9. The van der Waals surface area contributed by atoms with Gasteiger partial charge in [0.15, 0.2) is 0 Å². The summed E-state index contributed by atoms with van der Waals surface area (Å²) in [6.45, 7) is 0. The van der Waals surface area contributed by atoms with Crippen LogP contribution < -0.4 is 5.73 Å². The van der Waals surface area contributed by atoms with Gasteiger partial charge in [-0.15, -0.1) is 0 Å². The van der Waals surface area contributed by atoms with E-state index >= 15 is 0 Å². The quantitative estimate of drug-likeness (QED) is 0.891. The Labute approximate surface area is 109 Å². The fraction of sp³-hybridized carbons (Fsp3) is 0.0909. The highest BCUT2D eigenvalue weighted by Crippen LogP contribution is 2.29. The maximum Gasteiger partial charge on any atom is 0.139 e. The molecule has 2 N–H and O–H groups in total. The summed E-state index contributed by atoms with van der Waals surface area (Å²) in [6.07, 6.45) is 1.51. The van der Waals surface area contributed by atoms with Crippen LogP contribution in [-0.4, -0.2) is 0 Å². The normalized spacial score (nSPS) is 12.8. The first-order valence-corrected chi connectivity index (χ1v) is 6.11. The van der Waals surface area contributed by atoms with E-state index in [0.717, 1.165) is 4.47 Å². The molecular weight excluding hydrogens is 341 g/mol. The van der Waals surface area contributed by atoms with Crippen molar-refractivity contribution >= 4 is 31.9 Å². The number of furan rings is 1. The largest absolute Gasteiger partial charge is 0.466 e. The van der Waals surface area contributed by atoms with Crippen LogP contribution in [0.4, 0.5) is 4.39 Å². The van der Waals surface area contributed by atoms with Crippen LogP contribution >= 0.6 is 31.9 Å². The molecule has 2 rings (SSSR count). The van der Waals surface area contributed by atoms with Gasteiger partial charge < -0.3 is 10.2 Å². The lowest BCUT2D eigenvalue weighted by atomic mass is 10.1. The second kappa shape index (κ2) is 4.69. The molecule has 0 amide bonds. The van der Waals surface area contributed by atoms with Gasteiger partial charge in [0, 0.05) is 10.0 Å². The van der Waals surface area contributed by atoms with Crippen molar-refractivity contribution in [3.8, 4) is 0 Å². The van der Waals surface area contributed by atoms with Crippen molar-refractivity contribution in [3.63, 3.8) is 0 Å². The van der Waals surface area contributed by atoms with Gasteiger partial charge in [0.2, 0.25) is 0 Å². The number of nitrogens with two attached hydrogens (primary N) is 1. The van der Waals surface area contributed by atoms with E-state index in [9.17, 15) is 4.39 Å². The Hall–Kier alpha value is -0.650. The molecule has 0 saturated carbocycles. The van der Waals surface area contributed by atoms with Crippen molar-refractivity contribution in [2.75, 3.05) is 0 Å². The fourth-order valence-corrected chi connectivity index (χ4v) is 2.20. The molecule has 0 saturated heterocycles. The Balaban J connectivity index is 2.41. The molecule has 5 heteroatoms. The molecule has 1 aromatic heterocycles. The van der Waals surface area contributed by atoms with Crippen LogP contribution in [0.2, 0.25) is 0 Å². The van der Waals surface area contributed by atoms with Gasteiger partial charge in [-0.1, -0.05) is 22.0 Å². The van der Waals surface area contributed by atoms with Gasteiger partial charge in [-0.05, 0) is 34.1 Å². The summed E-state index contributed by atoms with van der Waals surface area (Å²) in [7, 11) is 0. The molecule has 0 aliphatic carbocycles. The molecule has 1 aromatic carbocycles. The van der Waals surface area contributed by atoms with Gasteiger partial charge in [-0.25, -0.2) is 4.39 Å². The van der Waals surface area contributed by atoms with Gasteiger partial charge in [-0.2, -0.15) is 0 Å². The molecule has 0 bridgehead atoms. The first-order valence-electron chi connectivity index (χ1n) is 4.53. The monoisotopic (exact) mass is 347 g/mol. The van der Waals surface area contributed by atoms with E-state index in [-0.39, 0.29) is 5.82 Å². The van der Waals surface area contributed by atoms with Crippen molar-refractivity contribution in [2.24, 2.45) is 5.73 Å². The predicted molar refractivity (Wildman–Crippen MR) is 66.5 cm³/mol. The van der Waals surface area contributed by atoms with E-state index in [1.54, 1.807) is 18.2 Å². The molecule has 1 atom stereocenters. The molecule has 84 valence electrons. The van der Waals surface area contributed by atoms with E-state index in [0.29, 0.717) is 15.8 Å². The third-order valence-corrected chi connectivity index (χ3v) is 3.37. The third kappa shape index (κ3) is 2.21. The van der Waals surface area contributed by atoms with Gasteiger partial charge in [-0.3, -0.25) is 0 Å². The highest BCUT2D eigenvalue weighted by Gasteiger charge is 2.18. The zero-order chi connectivity index (χ0) is 11.7. The molecule has 16 heavy (non-hydrogen) atoms. The standard InChI is InChI=1S/C11H8Br2FNO/c12-6-1-2-7(9(14)5-6)10(15)11-8(13)3-4-16-11/h1-5,10H,15H2. The fourth-order valence-electron chi connectivity index (χ4n) is 1.42. The van der Waals surface area contributed by atoms with E-state index in [1.165, 1.54) is 12.3 Å². The molecule has 0 fully saturated rings. The van der Waals surface area contributed by atoms with Crippen LogP contribution in [0, 0.1) is 5.82 Å². The highest BCUT2D eigenvalue weighted by molar-refractivity contribution is 9.10. The molecule has 0 aliphatic rings. The smallest absolute Gasteiger partial charge is 0.139 e. The first-order chi connectivity index (χ1) is 7.59.